The molecular weight excluding hydrogens is 714 g/mol. The van der Waals surface area contributed by atoms with Gasteiger partial charge in [-0.25, -0.2) is 14.4 Å². The molecule has 0 unspecified atom stereocenters. The lowest BCUT2D eigenvalue weighted by atomic mass is 9.79. The van der Waals surface area contributed by atoms with Crippen molar-refractivity contribution in [1.82, 2.24) is 14.7 Å². The number of amides is 3. The Kier molecular flexibility index (Phi) is 10.9. The molecule has 6 rings (SSSR count). The minimum absolute atomic E-state index is 0.0405. The first-order valence-corrected chi connectivity index (χ1v) is 18.1. The second-order valence-electron chi connectivity index (χ2n) is 13.7. The van der Waals surface area contributed by atoms with Crippen LogP contribution in [0.5, 0.6) is 0 Å². The number of carbonyl (C=O) groups is 4. The highest BCUT2D eigenvalue weighted by Gasteiger charge is 2.60. The van der Waals surface area contributed by atoms with Crippen LogP contribution < -0.4 is 0 Å². The number of nitrogens with zero attached hydrogens (tertiary/aromatic N) is 5. The van der Waals surface area contributed by atoms with Gasteiger partial charge >= 0.3 is 18.2 Å². The quantitative estimate of drug-likeness (QED) is 0.183. The van der Waals surface area contributed by atoms with E-state index in [1.807, 2.05) is 6.92 Å². The van der Waals surface area contributed by atoms with Gasteiger partial charge in [0.15, 0.2) is 0 Å². The summed E-state index contributed by atoms with van der Waals surface area (Å²) in [5, 5.41) is 42.1. The third-order valence-corrected chi connectivity index (χ3v) is 12.0. The predicted molar refractivity (Wildman–Crippen MR) is 187 cm³/mol. The van der Waals surface area contributed by atoms with Gasteiger partial charge in [0.05, 0.1) is 27.9 Å². The summed E-state index contributed by atoms with van der Waals surface area (Å²) in [4.78, 5) is 77.8. The molecule has 0 bridgehead atoms. The largest absolute Gasteiger partial charge is 0.477 e. The second kappa shape index (κ2) is 15.4. The van der Waals surface area contributed by atoms with E-state index in [1.165, 1.54) is 72.1 Å². The van der Waals surface area contributed by atoms with Crippen molar-refractivity contribution in [2.24, 2.45) is 17.8 Å². The highest BCUT2D eigenvalue weighted by molar-refractivity contribution is 8.03. The van der Waals surface area contributed by atoms with Gasteiger partial charge in [0.25, 0.3) is 11.4 Å². The van der Waals surface area contributed by atoms with Crippen LogP contribution in [0.15, 0.2) is 59.1 Å². The van der Waals surface area contributed by atoms with Gasteiger partial charge < -0.3 is 34.4 Å². The summed E-state index contributed by atoms with van der Waals surface area (Å²) in [5.74, 6) is -2.75. The fraction of sp³-hybridized carbons (Fsp3) is 0.486. The number of carboxylic acid groups (broad SMARTS) is 1. The van der Waals surface area contributed by atoms with Gasteiger partial charge in [-0.05, 0) is 67.5 Å². The van der Waals surface area contributed by atoms with E-state index in [1.54, 1.807) is 9.80 Å². The van der Waals surface area contributed by atoms with E-state index in [0.29, 0.717) is 48.4 Å². The van der Waals surface area contributed by atoms with Crippen molar-refractivity contribution < 1.29 is 48.7 Å². The van der Waals surface area contributed by atoms with Crippen molar-refractivity contribution in [3.8, 4) is 0 Å². The summed E-state index contributed by atoms with van der Waals surface area (Å²) >= 11 is 1.33. The van der Waals surface area contributed by atoms with Gasteiger partial charge in [0.2, 0.25) is 5.91 Å². The summed E-state index contributed by atoms with van der Waals surface area (Å²) < 4.78 is 11.1. The molecule has 0 aromatic heterocycles. The Morgan fingerprint density at radius 2 is 1.45 bits per heavy atom. The monoisotopic (exact) mass is 753 g/mol. The summed E-state index contributed by atoms with van der Waals surface area (Å²) in [6.45, 7) is 4.13. The van der Waals surface area contributed by atoms with Crippen molar-refractivity contribution in [1.29, 1.82) is 0 Å². The van der Waals surface area contributed by atoms with Crippen LogP contribution in [0, 0.1) is 38.0 Å². The number of thioether (sulfide) groups is 1. The number of likely N-dealkylation sites (tertiary alicyclic amines) is 2. The van der Waals surface area contributed by atoms with Gasteiger partial charge in [0.1, 0.15) is 18.9 Å². The fourth-order valence-electron chi connectivity index (χ4n) is 7.79. The minimum Gasteiger partial charge on any atom is -0.477 e. The number of aliphatic hydroxyl groups is 1. The third-order valence-electron chi connectivity index (χ3n) is 10.5. The lowest BCUT2D eigenvalue weighted by Crippen LogP contribution is -2.63. The highest BCUT2D eigenvalue weighted by atomic mass is 32.2. The first kappa shape index (κ1) is 37.5. The molecule has 3 amide bonds. The van der Waals surface area contributed by atoms with E-state index >= 15 is 0 Å². The Labute approximate surface area is 307 Å². The smallest absolute Gasteiger partial charge is 0.410 e. The normalized spacial score (nSPS) is 24.8. The van der Waals surface area contributed by atoms with Crippen molar-refractivity contribution in [3.63, 3.8) is 0 Å². The Morgan fingerprint density at radius 1 is 0.925 bits per heavy atom. The van der Waals surface area contributed by atoms with Crippen molar-refractivity contribution in [2.75, 3.05) is 19.6 Å². The molecule has 17 nitrogen and oxygen atoms in total. The van der Waals surface area contributed by atoms with Gasteiger partial charge in [-0.15, -0.1) is 11.8 Å². The molecule has 0 spiro atoms. The van der Waals surface area contributed by atoms with Gasteiger partial charge in [-0.3, -0.25) is 25.0 Å². The number of ether oxygens (including phenoxy) is 2. The zero-order chi connectivity index (χ0) is 38.1. The Balaban J connectivity index is 1.13. The predicted octanol–water partition coefficient (Wildman–Crippen LogP) is 4.52. The van der Waals surface area contributed by atoms with E-state index in [0.717, 1.165) is 0 Å². The van der Waals surface area contributed by atoms with Gasteiger partial charge in [-0.1, -0.05) is 6.92 Å². The molecule has 4 aliphatic rings. The molecule has 2 aromatic carbocycles. The zero-order valence-corrected chi connectivity index (χ0v) is 29.8. The van der Waals surface area contributed by atoms with E-state index in [-0.39, 0.29) is 60.0 Å². The molecule has 3 fully saturated rings. The highest BCUT2D eigenvalue weighted by Crippen LogP contribution is 2.52. The Morgan fingerprint density at radius 3 is 1.94 bits per heavy atom. The number of hydrogen-bond acceptors (Lipinski definition) is 12. The van der Waals surface area contributed by atoms with Gasteiger partial charge in [-0.2, -0.15) is 0 Å². The Hall–Kier alpha value is -5.23. The molecule has 282 valence electrons. The maximum Gasteiger partial charge on any atom is 0.410 e. The lowest BCUT2D eigenvalue weighted by molar-refractivity contribution is -0.385. The molecule has 2 N–H and O–H groups in total. The van der Waals surface area contributed by atoms with Crippen molar-refractivity contribution >= 4 is 47.2 Å². The van der Waals surface area contributed by atoms with E-state index < -0.39 is 52.0 Å². The first-order chi connectivity index (χ1) is 25.2. The second-order valence-corrected chi connectivity index (χ2v) is 15.1. The molecule has 6 atom stereocenters. The van der Waals surface area contributed by atoms with Crippen LogP contribution >= 0.6 is 11.8 Å². The summed E-state index contributed by atoms with van der Waals surface area (Å²) in [6.07, 6.45) is -0.483. The number of nitro groups is 2. The number of aliphatic hydroxyl groups excluding tert-OH is 1. The zero-order valence-electron chi connectivity index (χ0n) is 28.9. The molecule has 4 heterocycles. The van der Waals surface area contributed by atoms with Gasteiger partial charge in [0, 0.05) is 66.0 Å². The minimum atomic E-state index is -1.24. The average molecular weight is 754 g/mol. The van der Waals surface area contributed by atoms with Crippen LogP contribution in [0.1, 0.15) is 44.2 Å². The molecule has 3 saturated heterocycles. The van der Waals surface area contributed by atoms with Crippen LogP contribution in [0.4, 0.5) is 21.0 Å². The fourth-order valence-corrected chi connectivity index (χ4v) is 9.32. The van der Waals surface area contributed by atoms with Crippen LogP contribution in [0.2, 0.25) is 0 Å². The molecule has 0 radical (unpaired) electrons. The molecule has 0 aliphatic carbocycles. The van der Waals surface area contributed by atoms with E-state index in [9.17, 15) is 49.6 Å². The molecule has 2 aromatic rings. The van der Waals surface area contributed by atoms with Crippen LogP contribution in [0.3, 0.4) is 0 Å². The maximum absolute atomic E-state index is 13.7. The third kappa shape index (κ3) is 7.64. The Bertz CT molecular complexity index is 1810. The number of non-ortho nitro benzene ring substituents is 2. The summed E-state index contributed by atoms with van der Waals surface area (Å²) in [7, 11) is 0. The molecule has 4 aliphatic heterocycles. The van der Waals surface area contributed by atoms with Crippen LogP contribution in [-0.4, -0.2) is 102 Å². The maximum atomic E-state index is 13.7. The van der Waals surface area contributed by atoms with Crippen molar-refractivity contribution in [3.05, 3.63) is 90.5 Å². The summed E-state index contributed by atoms with van der Waals surface area (Å²) in [5.41, 5.74) is 0.906. The molecule has 0 saturated carbocycles. The number of piperidine rings is 1. The summed E-state index contributed by atoms with van der Waals surface area (Å²) in [6, 6.07) is 10.6. The number of rotatable bonds is 11. The van der Waals surface area contributed by atoms with Crippen LogP contribution in [-0.2, 0) is 32.3 Å². The number of hydrogen-bond donors (Lipinski definition) is 2. The van der Waals surface area contributed by atoms with Crippen LogP contribution in [0.25, 0.3) is 0 Å². The number of β-lactam (4-membered cyclic amide) rings is 1. The number of aliphatic carboxylic acids is 1. The lowest BCUT2D eigenvalue weighted by Gasteiger charge is -2.46. The average Bonchev–Trinajstić information content (AvgIpc) is 3.66. The molecule has 53 heavy (non-hydrogen) atoms. The molecular formula is C35H39N5O12S. The van der Waals surface area contributed by atoms with E-state index in [2.05, 4.69) is 0 Å². The number of benzene rings is 2. The number of carbonyl (C=O) groups excluding carboxylic acids is 3. The number of carboxylic acids is 1. The number of nitro benzene ring substituents is 2. The van der Waals surface area contributed by atoms with E-state index in [4.69, 9.17) is 9.47 Å². The van der Waals surface area contributed by atoms with Crippen molar-refractivity contribution in [2.45, 2.75) is 69.8 Å². The number of fused-ring (bicyclic) bond motifs is 1. The topological polar surface area (TPSA) is 223 Å². The SMILES string of the molecule is C[C@@H](O)[C@H]1C(=O)N2C(C(=O)O)=C(S[C@H]3C[C@@H](C4CCN(C(=O)OCc5ccc([N+](=O)[O-])cc5)CC4)N(C(=O)OCc4ccc([N+](=O)[O-])cc4)C3)[C@H](C)[C@H]12. The molecule has 18 heteroatoms. The first-order valence-electron chi connectivity index (χ1n) is 17.2. The standard InChI is InChI=1S/C35H39N5O12S/c1-19-29-28(20(2)41)32(42)38(29)30(33(43)44)31(19)53-26-15-27(37(16-26)35(46)52-18-22-5-9-25(10-6-22)40(49)50)23-11-13-36(14-12-23)34(45)51-17-21-3-7-24(8-4-21)39(47)48/h3-10,19-20,23,26-29,41H,11-18H2,1-2H3,(H,43,44)/t19-,20-,26+,27+,28-,29-/m1/s1.